The summed E-state index contributed by atoms with van der Waals surface area (Å²) in [5.41, 5.74) is 2.34. The van der Waals surface area contributed by atoms with Crippen molar-refractivity contribution in [3.05, 3.63) is 71.0 Å². The van der Waals surface area contributed by atoms with Gasteiger partial charge in [-0.3, -0.25) is 9.69 Å². The lowest BCUT2D eigenvalue weighted by atomic mass is 9.77. The highest BCUT2D eigenvalue weighted by atomic mass is 19.1. The molecule has 4 rings (SSSR count). The second kappa shape index (κ2) is 8.97. The number of rotatable bonds is 4. The van der Waals surface area contributed by atoms with Crippen molar-refractivity contribution in [2.24, 2.45) is 0 Å². The third kappa shape index (κ3) is 4.24. The van der Waals surface area contributed by atoms with E-state index < -0.39 is 5.41 Å². The van der Waals surface area contributed by atoms with Crippen LogP contribution in [0.25, 0.3) is 0 Å². The number of hydrogen-bond donors (Lipinski definition) is 0. The second-order valence-electron chi connectivity index (χ2n) is 8.53. The lowest BCUT2D eigenvalue weighted by molar-refractivity contribution is -0.137. The van der Waals surface area contributed by atoms with Crippen LogP contribution in [0.3, 0.4) is 0 Å². The topological polar surface area (TPSA) is 47.3 Å². The third-order valence-electron chi connectivity index (χ3n) is 6.63. The predicted octanol–water partition coefficient (Wildman–Crippen LogP) is 4.24. The van der Waals surface area contributed by atoms with E-state index in [1.807, 2.05) is 29.2 Å². The smallest absolute Gasteiger partial charge is 0.233 e. The van der Waals surface area contributed by atoms with Crippen LogP contribution >= 0.6 is 0 Å². The minimum Gasteiger partial charge on any atom is -0.341 e. The van der Waals surface area contributed by atoms with E-state index in [0.717, 1.165) is 70.4 Å². The fourth-order valence-corrected chi connectivity index (χ4v) is 4.95. The molecule has 1 heterocycles. The molecule has 2 fully saturated rings. The maximum atomic E-state index is 13.7. The number of benzene rings is 2. The van der Waals surface area contributed by atoms with Gasteiger partial charge in [0.15, 0.2) is 0 Å². The molecule has 2 aromatic rings. The van der Waals surface area contributed by atoms with Crippen molar-refractivity contribution in [3.8, 4) is 6.07 Å². The molecule has 0 N–H and O–H groups in total. The van der Waals surface area contributed by atoms with Gasteiger partial charge < -0.3 is 4.90 Å². The molecule has 1 saturated heterocycles. The fourth-order valence-electron chi connectivity index (χ4n) is 4.95. The van der Waals surface area contributed by atoms with Crippen LogP contribution in [0.2, 0.25) is 0 Å². The van der Waals surface area contributed by atoms with Gasteiger partial charge in [-0.1, -0.05) is 37.1 Å². The van der Waals surface area contributed by atoms with Crippen molar-refractivity contribution in [2.75, 3.05) is 26.2 Å². The van der Waals surface area contributed by atoms with E-state index in [1.165, 1.54) is 17.7 Å². The normalized spacial score (nSPS) is 19.3. The van der Waals surface area contributed by atoms with Gasteiger partial charge in [0, 0.05) is 32.7 Å². The second-order valence-corrected chi connectivity index (χ2v) is 8.53. The van der Waals surface area contributed by atoms with Gasteiger partial charge in [-0.25, -0.2) is 4.39 Å². The summed E-state index contributed by atoms with van der Waals surface area (Å²) in [5, 5.41) is 8.96. The molecule has 0 unspecified atom stereocenters. The number of nitrogens with zero attached hydrogens (tertiary/aromatic N) is 3. The Labute approximate surface area is 177 Å². The number of carbonyl (C=O) groups is 1. The highest BCUT2D eigenvalue weighted by Gasteiger charge is 2.45. The molecule has 0 atom stereocenters. The Kier molecular flexibility index (Phi) is 6.15. The lowest BCUT2D eigenvalue weighted by Crippen LogP contribution is -2.46. The molecule has 5 heteroatoms. The summed E-state index contributed by atoms with van der Waals surface area (Å²) in [6, 6.07) is 16.4. The van der Waals surface area contributed by atoms with Crippen molar-refractivity contribution < 1.29 is 9.18 Å². The summed E-state index contributed by atoms with van der Waals surface area (Å²) in [7, 11) is 0. The van der Waals surface area contributed by atoms with E-state index in [2.05, 4.69) is 11.0 Å². The predicted molar refractivity (Wildman–Crippen MR) is 114 cm³/mol. The van der Waals surface area contributed by atoms with Gasteiger partial charge in [-0.15, -0.1) is 0 Å². The fraction of sp³-hybridized carbons (Fsp3) is 0.440. The van der Waals surface area contributed by atoms with E-state index in [-0.39, 0.29) is 11.7 Å². The van der Waals surface area contributed by atoms with Crippen LogP contribution in [0.15, 0.2) is 48.5 Å². The van der Waals surface area contributed by atoms with E-state index in [0.29, 0.717) is 5.56 Å². The number of halogens is 1. The van der Waals surface area contributed by atoms with E-state index >= 15 is 0 Å². The zero-order valence-corrected chi connectivity index (χ0v) is 17.3. The van der Waals surface area contributed by atoms with Crippen molar-refractivity contribution in [3.63, 3.8) is 0 Å². The first-order chi connectivity index (χ1) is 14.6. The molecular weight excluding hydrogens is 377 g/mol. The first-order valence-corrected chi connectivity index (χ1v) is 10.9. The van der Waals surface area contributed by atoms with Gasteiger partial charge in [0.05, 0.1) is 17.0 Å². The molecule has 1 saturated carbocycles. The summed E-state index contributed by atoms with van der Waals surface area (Å²) in [4.78, 5) is 18.1. The number of carbonyl (C=O) groups excluding carboxylic acids is 1. The van der Waals surface area contributed by atoms with E-state index in [9.17, 15) is 9.18 Å². The van der Waals surface area contributed by atoms with Gasteiger partial charge in [-0.05, 0) is 54.7 Å². The summed E-state index contributed by atoms with van der Waals surface area (Å²) in [6.07, 6.45) is 4.73. The Morgan fingerprint density at radius 1 is 0.933 bits per heavy atom. The highest BCUT2D eigenvalue weighted by molar-refractivity contribution is 5.88. The van der Waals surface area contributed by atoms with Crippen molar-refractivity contribution in [1.29, 1.82) is 5.26 Å². The van der Waals surface area contributed by atoms with Crippen LogP contribution in [0, 0.1) is 17.1 Å². The van der Waals surface area contributed by atoms with Crippen LogP contribution in [-0.4, -0.2) is 41.9 Å². The Hall–Kier alpha value is -2.71. The monoisotopic (exact) mass is 405 g/mol. The number of amides is 1. The Bertz CT molecular complexity index is 911. The lowest BCUT2D eigenvalue weighted by Gasteiger charge is -2.34. The van der Waals surface area contributed by atoms with Crippen molar-refractivity contribution in [1.82, 2.24) is 9.80 Å². The highest BCUT2D eigenvalue weighted by Crippen LogP contribution is 2.42. The molecule has 0 spiro atoms. The van der Waals surface area contributed by atoms with E-state index in [4.69, 9.17) is 5.26 Å². The summed E-state index contributed by atoms with van der Waals surface area (Å²) < 4.78 is 13.5. The first-order valence-electron chi connectivity index (χ1n) is 10.9. The summed E-state index contributed by atoms with van der Waals surface area (Å²) >= 11 is 0. The van der Waals surface area contributed by atoms with Crippen LogP contribution in [0.1, 0.15) is 48.8 Å². The Balaban J connectivity index is 1.44. The quantitative estimate of drug-likeness (QED) is 0.764. The first kappa shape index (κ1) is 20.6. The minimum absolute atomic E-state index is 0.215. The molecule has 2 aromatic carbocycles. The average Bonchev–Trinajstić information content (AvgIpc) is 3.16. The van der Waals surface area contributed by atoms with Crippen LogP contribution in [0.5, 0.6) is 0 Å². The molecule has 2 aliphatic rings. The molecule has 0 bridgehead atoms. The maximum Gasteiger partial charge on any atom is 0.233 e. The Morgan fingerprint density at radius 3 is 2.30 bits per heavy atom. The minimum atomic E-state index is -0.490. The van der Waals surface area contributed by atoms with Gasteiger partial charge in [0.1, 0.15) is 5.82 Å². The molecule has 1 aliphatic heterocycles. The van der Waals surface area contributed by atoms with Crippen molar-refractivity contribution in [2.45, 2.75) is 44.1 Å². The molecular formula is C25H28FN3O. The number of hydrogen-bond acceptors (Lipinski definition) is 3. The zero-order chi connectivity index (χ0) is 21.0. The van der Waals surface area contributed by atoms with E-state index in [1.54, 1.807) is 12.1 Å². The molecule has 156 valence electrons. The van der Waals surface area contributed by atoms with Gasteiger partial charge >= 0.3 is 0 Å². The molecule has 30 heavy (non-hydrogen) atoms. The zero-order valence-electron chi connectivity index (χ0n) is 17.3. The molecule has 0 aromatic heterocycles. The average molecular weight is 406 g/mol. The van der Waals surface area contributed by atoms with Crippen LogP contribution < -0.4 is 0 Å². The Morgan fingerprint density at radius 2 is 1.63 bits per heavy atom. The van der Waals surface area contributed by atoms with Crippen molar-refractivity contribution >= 4 is 5.91 Å². The summed E-state index contributed by atoms with van der Waals surface area (Å²) in [5.74, 6) is -0.0422. The molecule has 0 radical (unpaired) electrons. The molecule has 4 nitrogen and oxygen atoms in total. The molecule has 1 amide bonds. The van der Waals surface area contributed by atoms with Gasteiger partial charge in [-0.2, -0.15) is 5.26 Å². The van der Waals surface area contributed by atoms with Crippen LogP contribution in [0.4, 0.5) is 4.39 Å². The van der Waals surface area contributed by atoms with Gasteiger partial charge in [0.25, 0.3) is 0 Å². The number of nitriles is 1. The third-order valence-corrected chi connectivity index (χ3v) is 6.63. The largest absolute Gasteiger partial charge is 0.341 e. The van der Waals surface area contributed by atoms with Crippen LogP contribution in [-0.2, 0) is 16.8 Å². The molecule has 1 aliphatic carbocycles. The SMILES string of the molecule is N#Cc1ccc(CN2CCCN(C(=O)C3(c4ccc(F)cc4)CCCC3)CC2)cc1. The summed E-state index contributed by atoms with van der Waals surface area (Å²) in [6.45, 7) is 4.11. The standard InChI is InChI=1S/C25H28FN3O/c26-23-10-8-22(9-11-23)25(12-1-2-13-25)24(30)29-15-3-14-28(16-17-29)19-21-6-4-20(18-27)5-7-21/h4-11H,1-3,12-17,19H2. The van der Waals surface area contributed by atoms with Gasteiger partial charge in [0.2, 0.25) is 5.91 Å². The maximum absolute atomic E-state index is 13.7.